The Morgan fingerprint density at radius 1 is 1.54 bits per heavy atom. The van der Waals surface area contributed by atoms with Crippen molar-refractivity contribution in [2.45, 2.75) is 39.1 Å². The van der Waals surface area contributed by atoms with Gasteiger partial charge < -0.3 is 14.6 Å². The molecule has 0 aliphatic rings. The molecule has 0 radical (unpaired) electrons. The monoisotopic (exact) mass is 188 g/mol. The lowest BCUT2D eigenvalue weighted by molar-refractivity contribution is -0.217. The number of methoxy groups -OCH3 is 1. The highest BCUT2D eigenvalue weighted by Gasteiger charge is 2.22. The van der Waals surface area contributed by atoms with Crippen LogP contribution in [0.2, 0.25) is 0 Å². The highest BCUT2D eigenvalue weighted by molar-refractivity contribution is 4.98. The fourth-order valence-corrected chi connectivity index (χ4v) is 0.914. The van der Waals surface area contributed by atoms with E-state index in [1.165, 1.54) is 0 Å². The molecule has 0 aromatic heterocycles. The van der Waals surface area contributed by atoms with Crippen LogP contribution in [0.15, 0.2) is 12.2 Å². The van der Waals surface area contributed by atoms with E-state index in [2.05, 4.69) is 6.58 Å². The van der Waals surface area contributed by atoms with Crippen LogP contribution in [0.25, 0.3) is 0 Å². The average molecular weight is 188 g/mol. The van der Waals surface area contributed by atoms with Gasteiger partial charge in [0.15, 0.2) is 5.79 Å². The summed E-state index contributed by atoms with van der Waals surface area (Å²) >= 11 is 0. The van der Waals surface area contributed by atoms with Gasteiger partial charge in [-0.2, -0.15) is 0 Å². The Bertz CT molecular complexity index is 164. The molecule has 0 aliphatic heterocycles. The molecule has 0 spiro atoms. The van der Waals surface area contributed by atoms with E-state index in [9.17, 15) is 0 Å². The Morgan fingerprint density at radius 2 is 2.08 bits per heavy atom. The zero-order valence-electron chi connectivity index (χ0n) is 8.96. The molecule has 0 aromatic carbocycles. The Morgan fingerprint density at radius 3 is 2.38 bits per heavy atom. The van der Waals surface area contributed by atoms with Gasteiger partial charge in [0.1, 0.15) is 0 Å². The van der Waals surface area contributed by atoms with Crippen molar-refractivity contribution in [2.75, 3.05) is 13.7 Å². The number of hydrogen-bond donors (Lipinski definition) is 1. The minimum absolute atomic E-state index is 0.0946. The maximum atomic E-state index is 8.79. The van der Waals surface area contributed by atoms with Crippen LogP contribution in [-0.4, -0.2) is 30.7 Å². The highest BCUT2D eigenvalue weighted by Crippen LogP contribution is 2.18. The smallest absolute Gasteiger partial charge is 0.163 e. The molecule has 0 aromatic rings. The summed E-state index contributed by atoms with van der Waals surface area (Å²) in [5.41, 5.74) is 0.902. The first kappa shape index (κ1) is 12.6. The Labute approximate surface area is 80.4 Å². The second-order valence-electron chi connectivity index (χ2n) is 3.57. The zero-order valence-corrected chi connectivity index (χ0v) is 8.96. The van der Waals surface area contributed by atoms with Crippen LogP contribution in [0.4, 0.5) is 0 Å². The van der Waals surface area contributed by atoms with E-state index in [0.717, 1.165) is 5.57 Å². The standard InChI is InChI=1S/C10H20O3/c1-8(2)9(6-7-11)13-10(3,4)12-5/h9,11H,1,6-7H2,2-5H3. The molecule has 0 heterocycles. The van der Waals surface area contributed by atoms with Crippen LogP contribution in [-0.2, 0) is 9.47 Å². The normalized spacial score (nSPS) is 14.2. The lowest BCUT2D eigenvalue weighted by Crippen LogP contribution is -2.33. The predicted molar refractivity (Wildman–Crippen MR) is 52.5 cm³/mol. The van der Waals surface area contributed by atoms with Crippen LogP contribution >= 0.6 is 0 Å². The number of hydrogen-bond acceptors (Lipinski definition) is 3. The van der Waals surface area contributed by atoms with E-state index < -0.39 is 5.79 Å². The molecule has 0 aliphatic carbocycles. The molecule has 1 unspecified atom stereocenters. The van der Waals surface area contributed by atoms with E-state index in [-0.39, 0.29) is 12.7 Å². The van der Waals surface area contributed by atoms with Crippen molar-refractivity contribution in [3.8, 4) is 0 Å². The van der Waals surface area contributed by atoms with Gasteiger partial charge >= 0.3 is 0 Å². The van der Waals surface area contributed by atoms with E-state index in [0.29, 0.717) is 6.42 Å². The number of aliphatic hydroxyl groups is 1. The van der Waals surface area contributed by atoms with E-state index >= 15 is 0 Å². The highest BCUT2D eigenvalue weighted by atomic mass is 16.7. The Hall–Kier alpha value is -0.380. The topological polar surface area (TPSA) is 38.7 Å². The van der Waals surface area contributed by atoms with E-state index in [4.69, 9.17) is 14.6 Å². The van der Waals surface area contributed by atoms with Crippen molar-refractivity contribution in [1.82, 2.24) is 0 Å². The molecule has 3 nitrogen and oxygen atoms in total. The lowest BCUT2D eigenvalue weighted by atomic mass is 10.1. The first-order valence-corrected chi connectivity index (χ1v) is 4.42. The quantitative estimate of drug-likeness (QED) is 0.509. The number of ether oxygens (including phenoxy) is 2. The number of aliphatic hydroxyl groups excluding tert-OH is 1. The first-order chi connectivity index (χ1) is 5.93. The van der Waals surface area contributed by atoms with Crippen molar-refractivity contribution < 1.29 is 14.6 Å². The van der Waals surface area contributed by atoms with Gasteiger partial charge in [0.05, 0.1) is 6.10 Å². The summed E-state index contributed by atoms with van der Waals surface area (Å²) in [6, 6.07) is 0. The molecule has 78 valence electrons. The zero-order chi connectivity index (χ0) is 10.5. The molecule has 13 heavy (non-hydrogen) atoms. The molecule has 0 saturated carbocycles. The minimum atomic E-state index is -0.626. The fourth-order valence-electron chi connectivity index (χ4n) is 0.914. The lowest BCUT2D eigenvalue weighted by Gasteiger charge is -2.29. The van der Waals surface area contributed by atoms with E-state index in [1.54, 1.807) is 7.11 Å². The summed E-state index contributed by atoms with van der Waals surface area (Å²) in [6.07, 6.45) is 0.419. The summed E-state index contributed by atoms with van der Waals surface area (Å²) in [7, 11) is 1.59. The van der Waals surface area contributed by atoms with Gasteiger partial charge in [-0.05, 0) is 20.8 Å². The van der Waals surface area contributed by atoms with Crippen molar-refractivity contribution >= 4 is 0 Å². The summed E-state index contributed by atoms with van der Waals surface area (Å²) in [4.78, 5) is 0. The minimum Gasteiger partial charge on any atom is -0.396 e. The van der Waals surface area contributed by atoms with Gasteiger partial charge in [0, 0.05) is 20.1 Å². The fraction of sp³-hybridized carbons (Fsp3) is 0.800. The molecule has 0 fully saturated rings. The van der Waals surface area contributed by atoms with Crippen LogP contribution in [0.5, 0.6) is 0 Å². The molecule has 0 rings (SSSR count). The average Bonchev–Trinajstić information content (AvgIpc) is 2.03. The van der Waals surface area contributed by atoms with Crippen LogP contribution in [0, 0.1) is 0 Å². The molecular formula is C10H20O3. The largest absolute Gasteiger partial charge is 0.396 e. The summed E-state index contributed by atoms with van der Waals surface area (Å²) in [5.74, 6) is -0.626. The van der Waals surface area contributed by atoms with Gasteiger partial charge in [0.2, 0.25) is 0 Å². The van der Waals surface area contributed by atoms with Crippen LogP contribution in [0.1, 0.15) is 27.2 Å². The molecule has 1 N–H and O–H groups in total. The van der Waals surface area contributed by atoms with Gasteiger partial charge in [-0.1, -0.05) is 12.2 Å². The maximum absolute atomic E-state index is 8.79. The first-order valence-electron chi connectivity index (χ1n) is 4.42. The molecule has 0 saturated heterocycles. The third-order valence-electron chi connectivity index (χ3n) is 1.86. The molecule has 0 amide bonds. The molecule has 3 heteroatoms. The van der Waals surface area contributed by atoms with Gasteiger partial charge in [-0.25, -0.2) is 0 Å². The third kappa shape index (κ3) is 5.03. The molecule has 0 bridgehead atoms. The Balaban J connectivity index is 4.17. The second-order valence-corrected chi connectivity index (χ2v) is 3.57. The second kappa shape index (κ2) is 5.37. The summed E-state index contributed by atoms with van der Waals surface area (Å²) in [5, 5.41) is 8.79. The van der Waals surface area contributed by atoms with Gasteiger partial charge in [-0.15, -0.1) is 0 Å². The number of rotatable bonds is 6. The van der Waals surface area contributed by atoms with Crippen molar-refractivity contribution in [3.05, 3.63) is 12.2 Å². The SMILES string of the molecule is C=C(C)C(CCO)OC(C)(C)OC. The van der Waals surface area contributed by atoms with E-state index in [1.807, 2.05) is 20.8 Å². The summed E-state index contributed by atoms with van der Waals surface area (Å²) in [6.45, 7) is 9.44. The van der Waals surface area contributed by atoms with Crippen molar-refractivity contribution in [1.29, 1.82) is 0 Å². The summed E-state index contributed by atoms with van der Waals surface area (Å²) < 4.78 is 10.7. The van der Waals surface area contributed by atoms with Crippen molar-refractivity contribution in [2.24, 2.45) is 0 Å². The van der Waals surface area contributed by atoms with Gasteiger partial charge in [0.25, 0.3) is 0 Å². The molecule has 1 atom stereocenters. The maximum Gasteiger partial charge on any atom is 0.163 e. The van der Waals surface area contributed by atoms with Crippen LogP contribution in [0.3, 0.4) is 0 Å². The van der Waals surface area contributed by atoms with Gasteiger partial charge in [-0.3, -0.25) is 0 Å². The predicted octanol–water partition coefficient (Wildman–Crippen LogP) is 1.71. The Kier molecular flexibility index (Phi) is 5.21. The van der Waals surface area contributed by atoms with Crippen molar-refractivity contribution in [3.63, 3.8) is 0 Å². The third-order valence-corrected chi connectivity index (χ3v) is 1.86. The van der Waals surface area contributed by atoms with Crippen LogP contribution < -0.4 is 0 Å². The molecular weight excluding hydrogens is 168 g/mol.